The molecule has 0 radical (unpaired) electrons. The predicted octanol–water partition coefficient (Wildman–Crippen LogP) is 0.942. The summed E-state index contributed by atoms with van der Waals surface area (Å²) in [4.78, 5) is 8.34. The number of nitrogen functional groups attached to an aromatic ring is 1. The van der Waals surface area contributed by atoms with Gasteiger partial charge in [-0.15, -0.1) is 0 Å². The SMILES string of the molecule is CCc1c(NN)ncnc1NCCn1cc(C)cn1. The van der Waals surface area contributed by atoms with E-state index in [1.165, 1.54) is 6.33 Å². The summed E-state index contributed by atoms with van der Waals surface area (Å²) in [6, 6.07) is 0. The van der Waals surface area contributed by atoms with Gasteiger partial charge in [0, 0.05) is 18.3 Å². The summed E-state index contributed by atoms with van der Waals surface area (Å²) in [5.74, 6) is 6.91. The monoisotopic (exact) mass is 261 g/mol. The maximum Gasteiger partial charge on any atom is 0.148 e. The fraction of sp³-hybridized carbons (Fsp3) is 0.417. The Morgan fingerprint density at radius 1 is 1.32 bits per heavy atom. The molecule has 0 fully saturated rings. The van der Waals surface area contributed by atoms with E-state index in [2.05, 4.69) is 25.8 Å². The molecule has 0 unspecified atom stereocenters. The summed E-state index contributed by atoms with van der Waals surface area (Å²) in [5.41, 5.74) is 4.74. The molecule has 0 amide bonds. The topological polar surface area (TPSA) is 93.7 Å². The molecule has 0 aliphatic carbocycles. The van der Waals surface area contributed by atoms with E-state index in [1.54, 1.807) is 0 Å². The number of nitrogens with zero attached hydrogens (tertiary/aromatic N) is 4. The third-order valence-corrected chi connectivity index (χ3v) is 2.83. The number of anilines is 2. The van der Waals surface area contributed by atoms with Crippen molar-refractivity contribution in [2.75, 3.05) is 17.3 Å². The van der Waals surface area contributed by atoms with Crippen molar-refractivity contribution in [1.82, 2.24) is 19.7 Å². The third-order valence-electron chi connectivity index (χ3n) is 2.83. The van der Waals surface area contributed by atoms with Crippen LogP contribution in [0.1, 0.15) is 18.1 Å². The molecule has 2 heterocycles. The van der Waals surface area contributed by atoms with Gasteiger partial charge in [0.15, 0.2) is 0 Å². The van der Waals surface area contributed by atoms with E-state index < -0.39 is 0 Å². The number of hydrogen-bond donors (Lipinski definition) is 3. The molecule has 0 atom stereocenters. The highest BCUT2D eigenvalue weighted by atomic mass is 15.3. The van der Waals surface area contributed by atoms with Gasteiger partial charge in [0.05, 0.1) is 12.7 Å². The minimum atomic E-state index is 0.662. The number of aromatic nitrogens is 4. The van der Waals surface area contributed by atoms with Gasteiger partial charge in [-0.1, -0.05) is 6.92 Å². The molecular weight excluding hydrogens is 242 g/mol. The van der Waals surface area contributed by atoms with Gasteiger partial charge in [0.1, 0.15) is 18.0 Å². The molecular formula is C12H19N7. The standard InChI is InChI=1S/C12H19N7/c1-3-10-11(15-8-16-12(10)18-13)14-4-5-19-7-9(2)6-17-19/h6-8H,3-5,13H2,1-2H3,(H2,14,15,16,18). The van der Waals surface area contributed by atoms with Crippen LogP contribution in [0.5, 0.6) is 0 Å². The van der Waals surface area contributed by atoms with Gasteiger partial charge >= 0.3 is 0 Å². The Hall–Kier alpha value is -2.15. The van der Waals surface area contributed by atoms with E-state index in [9.17, 15) is 0 Å². The second-order valence-electron chi connectivity index (χ2n) is 4.25. The first-order valence-corrected chi connectivity index (χ1v) is 6.28. The lowest BCUT2D eigenvalue weighted by atomic mass is 10.2. The maximum absolute atomic E-state index is 5.44. The Morgan fingerprint density at radius 2 is 2.11 bits per heavy atom. The second kappa shape index (κ2) is 6.14. The molecule has 19 heavy (non-hydrogen) atoms. The lowest BCUT2D eigenvalue weighted by Gasteiger charge is -2.12. The summed E-state index contributed by atoms with van der Waals surface area (Å²) in [6.07, 6.45) is 6.16. The van der Waals surface area contributed by atoms with Crippen molar-refractivity contribution in [2.24, 2.45) is 5.84 Å². The fourth-order valence-electron chi connectivity index (χ4n) is 1.90. The molecule has 0 spiro atoms. The normalized spacial score (nSPS) is 10.5. The second-order valence-corrected chi connectivity index (χ2v) is 4.25. The number of hydrazine groups is 1. The minimum Gasteiger partial charge on any atom is -0.368 e. The molecule has 0 aliphatic heterocycles. The summed E-state index contributed by atoms with van der Waals surface area (Å²) in [5, 5.41) is 7.52. The Bertz CT molecular complexity index is 535. The van der Waals surface area contributed by atoms with Crippen molar-refractivity contribution >= 4 is 11.6 Å². The number of hydrogen-bond acceptors (Lipinski definition) is 6. The highest BCUT2D eigenvalue weighted by Crippen LogP contribution is 2.19. The van der Waals surface area contributed by atoms with Crippen LogP contribution in [0.3, 0.4) is 0 Å². The molecule has 0 bridgehead atoms. The maximum atomic E-state index is 5.44. The van der Waals surface area contributed by atoms with Gasteiger partial charge in [-0.05, 0) is 18.9 Å². The number of rotatable bonds is 6. The smallest absolute Gasteiger partial charge is 0.148 e. The van der Waals surface area contributed by atoms with Crippen molar-refractivity contribution in [3.63, 3.8) is 0 Å². The van der Waals surface area contributed by atoms with E-state index in [0.29, 0.717) is 5.82 Å². The van der Waals surface area contributed by atoms with Crippen molar-refractivity contribution in [3.8, 4) is 0 Å². The Labute approximate surface area is 112 Å². The van der Waals surface area contributed by atoms with Crippen LogP contribution in [0.4, 0.5) is 11.6 Å². The zero-order valence-electron chi connectivity index (χ0n) is 11.2. The first-order chi connectivity index (χ1) is 9.24. The minimum absolute atomic E-state index is 0.662. The van der Waals surface area contributed by atoms with Gasteiger partial charge in [-0.25, -0.2) is 15.8 Å². The van der Waals surface area contributed by atoms with Crippen LogP contribution in [0, 0.1) is 6.92 Å². The quantitative estimate of drug-likeness (QED) is 0.529. The van der Waals surface area contributed by atoms with Crippen LogP contribution in [0.25, 0.3) is 0 Å². The van der Waals surface area contributed by atoms with Gasteiger partial charge in [0.25, 0.3) is 0 Å². The van der Waals surface area contributed by atoms with Crippen LogP contribution in [0.2, 0.25) is 0 Å². The van der Waals surface area contributed by atoms with Crippen LogP contribution >= 0.6 is 0 Å². The molecule has 0 aliphatic rings. The van der Waals surface area contributed by atoms with E-state index in [1.807, 2.05) is 30.9 Å². The lowest BCUT2D eigenvalue weighted by Crippen LogP contribution is -2.16. The number of nitrogens with two attached hydrogens (primary N) is 1. The van der Waals surface area contributed by atoms with Crippen LogP contribution in [-0.4, -0.2) is 26.3 Å². The first kappa shape index (κ1) is 13.3. The van der Waals surface area contributed by atoms with E-state index in [0.717, 1.165) is 36.5 Å². The summed E-state index contributed by atoms with van der Waals surface area (Å²) in [6.45, 7) is 5.60. The molecule has 2 rings (SSSR count). The molecule has 0 aromatic carbocycles. The lowest BCUT2D eigenvalue weighted by molar-refractivity contribution is 0.636. The summed E-state index contributed by atoms with van der Waals surface area (Å²) < 4.78 is 1.90. The Balaban J connectivity index is 1.99. The zero-order valence-corrected chi connectivity index (χ0v) is 11.2. The molecule has 7 nitrogen and oxygen atoms in total. The van der Waals surface area contributed by atoms with Crippen LogP contribution in [-0.2, 0) is 13.0 Å². The number of nitrogens with one attached hydrogen (secondary N) is 2. The Morgan fingerprint density at radius 3 is 2.74 bits per heavy atom. The van der Waals surface area contributed by atoms with Crippen molar-refractivity contribution in [3.05, 3.63) is 29.8 Å². The third kappa shape index (κ3) is 3.19. The molecule has 7 heteroatoms. The van der Waals surface area contributed by atoms with Crippen LogP contribution in [0.15, 0.2) is 18.7 Å². The largest absolute Gasteiger partial charge is 0.368 e. The van der Waals surface area contributed by atoms with Crippen LogP contribution < -0.4 is 16.6 Å². The molecule has 102 valence electrons. The average molecular weight is 261 g/mol. The Kier molecular flexibility index (Phi) is 4.30. The fourth-order valence-corrected chi connectivity index (χ4v) is 1.90. The molecule has 2 aromatic heterocycles. The predicted molar refractivity (Wildman–Crippen MR) is 74.7 cm³/mol. The van der Waals surface area contributed by atoms with E-state index in [-0.39, 0.29) is 0 Å². The van der Waals surface area contributed by atoms with Gasteiger partial charge in [-0.3, -0.25) is 4.68 Å². The van der Waals surface area contributed by atoms with Gasteiger partial charge in [0.2, 0.25) is 0 Å². The molecule has 2 aromatic rings. The number of aryl methyl sites for hydroxylation is 1. The first-order valence-electron chi connectivity index (χ1n) is 6.28. The summed E-state index contributed by atoms with van der Waals surface area (Å²) in [7, 11) is 0. The molecule has 0 saturated carbocycles. The summed E-state index contributed by atoms with van der Waals surface area (Å²) >= 11 is 0. The molecule has 4 N–H and O–H groups in total. The van der Waals surface area contributed by atoms with E-state index in [4.69, 9.17) is 5.84 Å². The average Bonchev–Trinajstić information content (AvgIpc) is 2.84. The molecule has 0 saturated heterocycles. The van der Waals surface area contributed by atoms with Gasteiger partial charge < -0.3 is 10.7 Å². The van der Waals surface area contributed by atoms with Crippen molar-refractivity contribution in [1.29, 1.82) is 0 Å². The van der Waals surface area contributed by atoms with E-state index >= 15 is 0 Å². The zero-order chi connectivity index (χ0) is 13.7. The van der Waals surface area contributed by atoms with Crippen molar-refractivity contribution in [2.45, 2.75) is 26.8 Å². The highest BCUT2D eigenvalue weighted by Gasteiger charge is 2.08. The van der Waals surface area contributed by atoms with Gasteiger partial charge in [-0.2, -0.15) is 5.10 Å². The highest BCUT2D eigenvalue weighted by molar-refractivity contribution is 5.56. The van der Waals surface area contributed by atoms with Crippen molar-refractivity contribution < 1.29 is 0 Å².